The largest absolute Gasteiger partial charge is 0.418 e. The highest BCUT2D eigenvalue weighted by Gasteiger charge is 2.34. The van der Waals surface area contributed by atoms with Gasteiger partial charge in [-0.15, -0.1) is 0 Å². The molecule has 0 saturated carbocycles. The summed E-state index contributed by atoms with van der Waals surface area (Å²) in [5.74, 6) is 0.0186. The summed E-state index contributed by atoms with van der Waals surface area (Å²) in [6.45, 7) is 0.978. The molecular weight excluding hydrogens is 321 g/mol. The molecule has 0 bridgehead atoms. The monoisotopic (exact) mass is 340 g/mol. The standard InChI is InChI=1S/C17H19F3N2O2/c18-17(19,20)13-3-1-2-12-14(4-7-21-16(12)13)22-8-5-11(6-9-22)15(24)10-23/h1-4,7,11,15,23-24H,5-6,8-10H2. The van der Waals surface area contributed by atoms with Gasteiger partial charge in [0.2, 0.25) is 0 Å². The van der Waals surface area contributed by atoms with E-state index in [4.69, 9.17) is 5.11 Å². The van der Waals surface area contributed by atoms with Crippen LogP contribution in [0.15, 0.2) is 30.5 Å². The molecule has 1 aliphatic heterocycles. The van der Waals surface area contributed by atoms with E-state index in [0.29, 0.717) is 31.3 Å². The number of piperidine rings is 1. The van der Waals surface area contributed by atoms with E-state index >= 15 is 0 Å². The van der Waals surface area contributed by atoms with Gasteiger partial charge in [0.05, 0.1) is 23.8 Å². The Morgan fingerprint density at radius 2 is 1.92 bits per heavy atom. The number of hydrogen-bond acceptors (Lipinski definition) is 4. The number of alkyl halides is 3. The Labute approximate surface area is 137 Å². The van der Waals surface area contributed by atoms with E-state index in [1.54, 1.807) is 12.1 Å². The van der Waals surface area contributed by atoms with Crippen molar-refractivity contribution >= 4 is 16.6 Å². The zero-order chi connectivity index (χ0) is 17.3. The Morgan fingerprint density at radius 3 is 2.54 bits per heavy atom. The van der Waals surface area contributed by atoms with E-state index in [-0.39, 0.29) is 18.0 Å². The first-order valence-corrected chi connectivity index (χ1v) is 7.90. The third-order valence-electron chi connectivity index (χ3n) is 4.66. The highest BCUT2D eigenvalue weighted by Crippen LogP contribution is 2.37. The molecule has 2 heterocycles. The molecule has 3 rings (SSSR count). The second-order valence-electron chi connectivity index (χ2n) is 6.10. The number of pyridine rings is 1. The molecule has 1 unspecified atom stereocenters. The summed E-state index contributed by atoms with van der Waals surface area (Å²) in [4.78, 5) is 5.96. The lowest BCUT2D eigenvalue weighted by Crippen LogP contribution is -2.39. The predicted octanol–water partition coefficient (Wildman–Crippen LogP) is 2.82. The Kier molecular flexibility index (Phi) is 4.64. The summed E-state index contributed by atoms with van der Waals surface area (Å²) in [6.07, 6.45) is -2.40. The van der Waals surface area contributed by atoms with Crippen molar-refractivity contribution in [2.45, 2.75) is 25.1 Å². The minimum Gasteiger partial charge on any atom is -0.394 e. The van der Waals surface area contributed by atoms with E-state index in [1.807, 2.05) is 4.90 Å². The quantitative estimate of drug-likeness (QED) is 0.902. The minimum atomic E-state index is -4.44. The normalized spacial score (nSPS) is 18.1. The number of aromatic nitrogens is 1. The third-order valence-corrected chi connectivity index (χ3v) is 4.66. The number of para-hydroxylation sites is 1. The molecule has 4 nitrogen and oxygen atoms in total. The molecule has 1 aromatic heterocycles. The van der Waals surface area contributed by atoms with Gasteiger partial charge >= 0.3 is 6.18 Å². The molecule has 1 aliphatic rings. The fourth-order valence-corrected chi connectivity index (χ4v) is 3.34. The second kappa shape index (κ2) is 6.57. The molecule has 1 aromatic carbocycles. The van der Waals surface area contributed by atoms with E-state index in [9.17, 15) is 18.3 Å². The Balaban J connectivity index is 1.92. The molecule has 7 heteroatoms. The molecule has 1 fully saturated rings. The van der Waals surface area contributed by atoms with Gasteiger partial charge in [0, 0.05) is 30.4 Å². The van der Waals surface area contributed by atoms with Crippen molar-refractivity contribution in [3.05, 3.63) is 36.0 Å². The number of aliphatic hydroxyl groups is 2. The number of halogens is 3. The SMILES string of the molecule is OCC(O)C1CCN(c2ccnc3c(C(F)(F)F)cccc23)CC1. The van der Waals surface area contributed by atoms with Gasteiger partial charge in [-0.1, -0.05) is 12.1 Å². The number of nitrogens with zero attached hydrogens (tertiary/aromatic N) is 2. The molecule has 0 aliphatic carbocycles. The smallest absolute Gasteiger partial charge is 0.394 e. The molecule has 1 saturated heterocycles. The summed E-state index contributed by atoms with van der Waals surface area (Å²) < 4.78 is 39.5. The van der Waals surface area contributed by atoms with Gasteiger partial charge in [0.25, 0.3) is 0 Å². The van der Waals surface area contributed by atoms with E-state index in [0.717, 1.165) is 11.8 Å². The van der Waals surface area contributed by atoms with Crippen LogP contribution in [0, 0.1) is 5.92 Å². The maximum absolute atomic E-state index is 13.2. The van der Waals surface area contributed by atoms with Crippen molar-refractivity contribution in [2.24, 2.45) is 5.92 Å². The van der Waals surface area contributed by atoms with Crippen LogP contribution in [0.25, 0.3) is 10.9 Å². The summed E-state index contributed by atoms with van der Waals surface area (Å²) in [5.41, 5.74) is -0.0458. The van der Waals surface area contributed by atoms with Crippen LogP contribution in [0.3, 0.4) is 0 Å². The summed E-state index contributed by atoms with van der Waals surface area (Å²) in [6, 6.07) is 5.83. The average Bonchev–Trinajstić information content (AvgIpc) is 2.59. The fraction of sp³-hybridized carbons (Fsp3) is 0.471. The molecule has 130 valence electrons. The lowest BCUT2D eigenvalue weighted by molar-refractivity contribution is -0.136. The van der Waals surface area contributed by atoms with Crippen molar-refractivity contribution in [1.82, 2.24) is 4.98 Å². The Bertz CT molecular complexity index is 713. The Hall–Kier alpha value is -1.86. The zero-order valence-electron chi connectivity index (χ0n) is 13.0. The number of anilines is 1. The van der Waals surface area contributed by atoms with Crippen molar-refractivity contribution in [3.63, 3.8) is 0 Å². The van der Waals surface area contributed by atoms with Crippen LogP contribution in [-0.4, -0.2) is 41.0 Å². The topological polar surface area (TPSA) is 56.6 Å². The van der Waals surface area contributed by atoms with Crippen LogP contribution in [0.2, 0.25) is 0 Å². The minimum absolute atomic E-state index is 0.0186. The number of hydrogen-bond donors (Lipinski definition) is 2. The third kappa shape index (κ3) is 3.18. The van der Waals surface area contributed by atoms with Crippen LogP contribution >= 0.6 is 0 Å². The van der Waals surface area contributed by atoms with E-state index in [1.165, 1.54) is 12.3 Å². The predicted molar refractivity (Wildman–Crippen MR) is 84.8 cm³/mol. The summed E-state index contributed by atoms with van der Waals surface area (Å²) >= 11 is 0. The lowest BCUT2D eigenvalue weighted by atomic mass is 9.91. The molecular formula is C17H19F3N2O2. The number of rotatable bonds is 3. The van der Waals surface area contributed by atoms with Gasteiger partial charge in [-0.3, -0.25) is 4.98 Å². The number of fused-ring (bicyclic) bond motifs is 1. The van der Waals surface area contributed by atoms with E-state index < -0.39 is 17.8 Å². The van der Waals surface area contributed by atoms with Crippen LogP contribution in [0.5, 0.6) is 0 Å². The molecule has 0 amide bonds. The van der Waals surface area contributed by atoms with Gasteiger partial charge in [-0.05, 0) is 30.9 Å². The van der Waals surface area contributed by atoms with Gasteiger partial charge < -0.3 is 15.1 Å². The maximum Gasteiger partial charge on any atom is 0.418 e. The number of aliphatic hydroxyl groups excluding tert-OH is 2. The maximum atomic E-state index is 13.2. The molecule has 0 radical (unpaired) electrons. The molecule has 2 aromatic rings. The number of benzene rings is 1. The molecule has 2 N–H and O–H groups in total. The summed E-state index contributed by atoms with van der Waals surface area (Å²) in [5, 5.41) is 19.3. The molecule has 24 heavy (non-hydrogen) atoms. The Morgan fingerprint density at radius 1 is 1.21 bits per heavy atom. The molecule has 1 atom stereocenters. The first-order valence-electron chi connectivity index (χ1n) is 7.90. The average molecular weight is 340 g/mol. The van der Waals surface area contributed by atoms with Gasteiger partial charge in [-0.2, -0.15) is 13.2 Å². The lowest BCUT2D eigenvalue weighted by Gasteiger charge is -2.35. The van der Waals surface area contributed by atoms with Crippen molar-refractivity contribution in [1.29, 1.82) is 0 Å². The van der Waals surface area contributed by atoms with Crippen LogP contribution < -0.4 is 4.90 Å². The van der Waals surface area contributed by atoms with E-state index in [2.05, 4.69) is 4.98 Å². The van der Waals surface area contributed by atoms with Crippen LogP contribution in [-0.2, 0) is 6.18 Å². The van der Waals surface area contributed by atoms with Crippen LogP contribution in [0.4, 0.5) is 18.9 Å². The fourth-order valence-electron chi connectivity index (χ4n) is 3.34. The van der Waals surface area contributed by atoms with Crippen molar-refractivity contribution < 1.29 is 23.4 Å². The van der Waals surface area contributed by atoms with Crippen molar-refractivity contribution in [2.75, 3.05) is 24.6 Å². The summed E-state index contributed by atoms with van der Waals surface area (Å²) in [7, 11) is 0. The van der Waals surface area contributed by atoms with Gasteiger partial charge in [0.15, 0.2) is 0 Å². The highest BCUT2D eigenvalue weighted by atomic mass is 19.4. The first-order chi connectivity index (χ1) is 11.4. The van der Waals surface area contributed by atoms with Crippen LogP contribution in [0.1, 0.15) is 18.4 Å². The van der Waals surface area contributed by atoms with Crippen molar-refractivity contribution in [3.8, 4) is 0 Å². The zero-order valence-corrected chi connectivity index (χ0v) is 13.0. The molecule has 0 spiro atoms. The van der Waals surface area contributed by atoms with Gasteiger partial charge in [-0.25, -0.2) is 0 Å². The first kappa shape index (κ1) is 17.0. The highest BCUT2D eigenvalue weighted by molar-refractivity contribution is 5.93. The second-order valence-corrected chi connectivity index (χ2v) is 6.10. The van der Waals surface area contributed by atoms with Gasteiger partial charge in [0.1, 0.15) is 0 Å².